The maximum Gasteiger partial charge on any atom is 0.271 e. The quantitative estimate of drug-likeness (QED) is 0.660. The first-order valence-corrected chi connectivity index (χ1v) is 9.74. The van der Waals surface area contributed by atoms with Crippen LogP contribution in [0.3, 0.4) is 0 Å². The normalized spacial score (nSPS) is 11.5. The van der Waals surface area contributed by atoms with Crippen LogP contribution in [0.15, 0.2) is 46.0 Å². The van der Waals surface area contributed by atoms with Gasteiger partial charge in [0, 0.05) is 17.8 Å². The first-order chi connectivity index (χ1) is 11.2. The van der Waals surface area contributed by atoms with Gasteiger partial charge >= 0.3 is 0 Å². The molecule has 9 heteroatoms. The number of nitrogens with one attached hydrogen (secondary N) is 2. The summed E-state index contributed by atoms with van der Waals surface area (Å²) in [7, 11) is -3.56. The van der Waals surface area contributed by atoms with Gasteiger partial charge in [0.1, 0.15) is 4.21 Å². The van der Waals surface area contributed by atoms with Gasteiger partial charge in [0.2, 0.25) is 5.91 Å². The number of anilines is 1. The van der Waals surface area contributed by atoms with Crippen molar-refractivity contribution in [2.45, 2.75) is 30.0 Å². The van der Waals surface area contributed by atoms with Crippen LogP contribution in [-0.2, 0) is 21.2 Å². The van der Waals surface area contributed by atoms with Gasteiger partial charge in [-0.25, -0.2) is 8.42 Å². The molecule has 0 unspecified atom stereocenters. The second kappa shape index (κ2) is 8.66. The van der Waals surface area contributed by atoms with Crippen molar-refractivity contribution in [3.63, 3.8) is 0 Å². The van der Waals surface area contributed by atoms with Gasteiger partial charge in [-0.15, -0.1) is 23.7 Å². The monoisotopic (exact) mass is 403 g/mol. The summed E-state index contributed by atoms with van der Waals surface area (Å²) >= 11 is 1.15. The van der Waals surface area contributed by atoms with Crippen molar-refractivity contribution in [2.75, 3.05) is 11.3 Å². The van der Waals surface area contributed by atoms with Crippen LogP contribution in [0.25, 0.3) is 0 Å². The summed E-state index contributed by atoms with van der Waals surface area (Å²) in [5.41, 5.74) is 6.38. The van der Waals surface area contributed by atoms with Gasteiger partial charge in [-0.3, -0.25) is 9.52 Å². The van der Waals surface area contributed by atoms with E-state index in [2.05, 4.69) is 10.0 Å². The molecule has 1 heterocycles. The molecule has 0 saturated heterocycles. The minimum Gasteiger partial charge on any atom is -0.350 e. The van der Waals surface area contributed by atoms with Crippen LogP contribution in [0.5, 0.6) is 0 Å². The second-order valence-corrected chi connectivity index (χ2v) is 8.90. The molecule has 0 aliphatic rings. The molecule has 0 saturated carbocycles. The highest BCUT2D eigenvalue weighted by atomic mass is 35.5. The summed E-state index contributed by atoms with van der Waals surface area (Å²) in [5, 5.41) is 4.56. The van der Waals surface area contributed by atoms with E-state index < -0.39 is 15.6 Å². The van der Waals surface area contributed by atoms with Gasteiger partial charge in [-0.1, -0.05) is 18.2 Å². The van der Waals surface area contributed by atoms with E-state index in [9.17, 15) is 13.2 Å². The van der Waals surface area contributed by atoms with E-state index in [-0.39, 0.29) is 28.9 Å². The maximum atomic E-state index is 12.1. The highest BCUT2D eigenvalue weighted by molar-refractivity contribution is 7.94. The van der Waals surface area contributed by atoms with E-state index in [1.807, 2.05) is 13.8 Å². The van der Waals surface area contributed by atoms with E-state index in [4.69, 9.17) is 5.73 Å². The standard InChI is InChI=1S/C16H21N3O3S2.ClH/c1-16(2,11-17)18-14(20)10-12-5-7-13(8-6-12)19-24(21,22)15-4-3-9-23-15;/h3-9,19H,10-11,17H2,1-2H3,(H,18,20);1H. The topological polar surface area (TPSA) is 101 Å². The van der Waals surface area contributed by atoms with Gasteiger partial charge < -0.3 is 11.1 Å². The molecular weight excluding hydrogens is 382 g/mol. The average Bonchev–Trinajstić information content (AvgIpc) is 3.03. The molecule has 138 valence electrons. The first kappa shape index (κ1) is 21.4. The summed E-state index contributed by atoms with van der Waals surface area (Å²) < 4.78 is 27.1. The van der Waals surface area contributed by atoms with Crippen LogP contribution < -0.4 is 15.8 Å². The lowest BCUT2D eigenvalue weighted by Crippen LogP contribution is -2.49. The zero-order valence-electron chi connectivity index (χ0n) is 14.0. The third kappa shape index (κ3) is 6.32. The molecule has 2 aromatic rings. The van der Waals surface area contributed by atoms with Crippen molar-refractivity contribution < 1.29 is 13.2 Å². The van der Waals surface area contributed by atoms with Crippen molar-refractivity contribution in [1.82, 2.24) is 5.32 Å². The number of halogens is 1. The Morgan fingerprint density at radius 3 is 2.36 bits per heavy atom. The van der Waals surface area contributed by atoms with E-state index in [0.717, 1.165) is 16.9 Å². The fourth-order valence-corrected chi connectivity index (χ4v) is 4.02. The van der Waals surface area contributed by atoms with E-state index in [0.29, 0.717) is 12.2 Å². The third-order valence-electron chi connectivity index (χ3n) is 3.32. The Hall–Kier alpha value is -1.61. The van der Waals surface area contributed by atoms with Crippen LogP contribution >= 0.6 is 23.7 Å². The molecule has 2 rings (SSSR count). The van der Waals surface area contributed by atoms with Crippen LogP contribution in [0.4, 0.5) is 5.69 Å². The minimum absolute atomic E-state index is 0. The Morgan fingerprint density at radius 2 is 1.84 bits per heavy atom. The highest BCUT2D eigenvalue weighted by Gasteiger charge is 2.18. The number of sulfonamides is 1. The summed E-state index contributed by atoms with van der Waals surface area (Å²) in [5.74, 6) is -0.127. The first-order valence-electron chi connectivity index (χ1n) is 7.38. The number of rotatable bonds is 7. The fourth-order valence-electron chi connectivity index (χ4n) is 1.97. The van der Waals surface area contributed by atoms with Gasteiger partial charge in [0.05, 0.1) is 6.42 Å². The molecular formula is C16H22ClN3O3S2. The SMILES string of the molecule is CC(C)(CN)NC(=O)Cc1ccc(NS(=O)(=O)c2cccs2)cc1.Cl. The Morgan fingerprint density at radius 1 is 1.20 bits per heavy atom. The van der Waals surface area contributed by atoms with Crippen molar-refractivity contribution in [2.24, 2.45) is 5.73 Å². The van der Waals surface area contributed by atoms with Gasteiger partial charge in [0.15, 0.2) is 0 Å². The van der Waals surface area contributed by atoms with Crippen molar-refractivity contribution in [1.29, 1.82) is 0 Å². The zero-order valence-corrected chi connectivity index (χ0v) is 16.4. The lowest BCUT2D eigenvalue weighted by molar-refractivity contribution is -0.121. The second-order valence-electron chi connectivity index (χ2n) is 6.05. The van der Waals surface area contributed by atoms with E-state index in [1.165, 1.54) is 0 Å². The van der Waals surface area contributed by atoms with Crippen LogP contribution in [0.1, 0.15) is 19.4 Å². The van der Waals surface area contributed by atoms with Gasteiger partial charge in [0.25, 0.3) is 10.0 Å². The Labute approximate surface area is 158 Å². The van der Waals surface area contributed by atoms with E-state index >= 15 is 0 Å². The number of nitrogens with two attached hydrogens (primary N) is 1. The molecule has 1 aromatic carbocycles. The molecule has 0 radical (unpaired) electrons. The number of thiophene rings is 1. The predicted octanol–water partition coefficient (Wildman–Crippen LogP) is 2.37. The molecule has 0 fully saturated rings. The number of carbonyl (C=O) groups is 1. The molecule has 0 spiro atoms. The molecule has 25 heavy (non-hydrogen) atoms. The maximum absolute atomic E-state index is 12.1. The minimum atomic E-state index is -3.56. The number of hydrogen-bond acceptors (Lipinski definition) is 5. The van der Waals surface area contributed by atoms with Gasteiger partial charge in [-0.2, -0.15) is 0 Å². The van der Waals surface area contributed by atoms with Crippen LogP contribution in [0.2, 0.25) is 0 Å². The number of hydrogen-bond donors (Lipinski definition) is 3. The number of carbonyl (C=O) groups excluding carboxylic acids is 1. The van der Waals surface area contributed by atoms with Crippen molar-refractivity contribution >= 4 is 45.4 Å². The van der Waals surface area contributed by atoms with Gasteiger partial charge in [-0.05, 0) is 43.0 Å². The number of amides is 1. The van der Waals surface area contributed by atoms with Crippen molar-refractivity contribution in [3.8, 4) is 0 Å². The largest absolute Gasteiger partial charge is 0.350 e. The average molecular weight is 404 g/mol. The molecule has 1 aromatic heterocycles. The molecule has 0 aliphatic heterocycles. The van der Waals surface area contributed by atoms with Crippen LogP contribution in [-0.4, -0.2) is 26.4 Å². The third-order valence-corrected chi connectivity index (χ3v) is 6.10. The van der Waals surface area contributed by atoms with Crippen LogP contribution in [0, 0.1) is 0 Å². The molecule has 0 aliphatic carbocycles. The lowest BCUT2D eigenvalue weighted by Gasteiger charge is -2.24. The summed E-state index contributed by atoms with van der Waals surface area (Å²) in [4.78, 5) is 12.0. The van der Waals surface area contributed by atoms with Crippen molar-refractivity contribution in [3.05, 3.63) is 47.3 Å². The molecule has 0 atom stereocenters. The Balaban J connectivity index is 0.00000312. The Kier molecular flexibility index (Phi) is 7.43. The zero-order chi connectivity index (χ0) is 17.8. The summed E-state index contributed by atoms with van der Waals surface area (Å²) in [6, 6.07) is 9.96. The molecule has 0 bridgehead atoms. The Bertz CT molecular complexity index is 789. The number of benzene rings is 1. The predicted molar refractivity (Wildman–Crippen MR) is 104 cm³/mol. The fraction of sp³-hybridized carbons (Fsp3) is 0.312. The molecule has 6 nitrogen and oxygen atoms in total. The smallest absolute Gasteiger partial charge is 0.271 e. The molecule has 4 N–H and O–H groups in total. The van der Waals surface area contributed by atoms with E-state index in [1.54, 1.807) is 41.8 Å². The highest BCUT2D eigenvalue weighted by Crippen LogP contribution is 2.20. The molecule has 1 amide bonds. The lowest BCUT2D eigenvalue weighted by atomic mass is 10.0. The summed E-state index contributed by atoms with van der Waals surface area (Å²) in [6.07, 6.45) is 0.210. The summed E-state index contributed by atoms with van der Waals surface area (Å²) in [6.45, 7) is 4.06.